The molecule has 0 spiro atoms. The first-order valence-corrected chi connectivity index (χ1v) is 8.58. The minimum Gasteiger partial charge on any atom is -0.495 e. The van der Waals surface area contributed by atoms with Crippen molar-refractivity contribution in [3.05, 3.63) is 22.7 Å². The normalized spacial score (nSPS) is 20.2. The Morgan fingerprint density at radius 1 is 1.40 bits per heavy atom. The van der Waals surface area contributed by atoms with Gasteiger partial charge in [-0.1, -0.05) is 15.9 Å². The van der Waals surface area contributed by atoms with Crippen molar-refractivity contribution >= 4 is 26.0 Å². The number of hydrogen-bond acceptors (Lipinski definition) is 4. The molecule has 112 valence electrons. The molecule has 2 rings (SSSR count). The van der Waals surface area contributed by atoms with Gasteiger partial charge < -0.3 is 9.47 Å². The van der Waals surface area contributed by atoms with E-state index in [0.717, 1.165) is 12.8 Å². The van der Waals surface area contributed by atoms with Crippen LogP contribution < -0.4 is 4.74 Å². The second-order valence-electron chi connectivity index (χ2n) is 4.66. The van der Waals surface area contributed by atoms with Crippen LogP contribution in [-0.4, -0.2) is 46.1 Å². The molecule has 0 aliphatic carbocycles. The van der Waals surface area contributed by atoms with Crippen LogP contribution in [0.1, 0.15) is 12.8 Å². The first kappa shape index (κ1) is 15.8. The zero-order valence-corrected chi connectivity index (χ0v) is 13.9. The molecular formula is C13H18BrNO4S. The van der Waals surface area contributed by atoms with E-state index in [1.54, 1.807) is 25.3 Å². The van der Waals surface area contributed by atoms with Crippen LogP contribution in [0, 0.1) is 0 Å². The summed E-state index contributed by atoms with van der Waals surface area (Å²) in [5, 5.41) is 0. The van der Waals surface area contributed by atoms with Crippen molar-refractivity contribution in [1.82, 2.24) is 4.31 Å². The third-order valence-electron chi connectivity index (χ3n) is 3.39. The van der Waals surface area contributed by atoms with Gasteiger partial charge in [0.2, 0.25) is 10.0 Å². The Morgan fingerprint density at radius 3 is 2.80 bits per heavy atom. The van der Waals surface area contributed by atoms with Gasteiger partial charge in [0.25, 0.3) is 0 Å². The molecule has 7 heteroatoms. The summed E-state index contributed by atoms with van der Waals surface area (Å²) in [5.41, 5.74) is 0. The Morgan fingerprint density at radius 2 is 2.15 bits per heavy atom. The van der Waals surface area contributed by atoms with Crippen LogP contribution in [0.25, 0.3) is 0 Å². The number of methoxy groups -OCH3 is 2. The van der Waals surface area contributed by atoms with Gasteiger partial charge in [-0.2, -0.15) is 4.31 Å². The Kier molecular flexibility index (Phi) is 5.06. The highest BCUT2D eigenvalue weighted by atomic mass is 79.9. The van der Waals surface area contributed by atoms with Crippen molar-refractivity contribution in [3.63, 3.8) is 0 Å². The maximum absolute atomic E-state index is 12.8. The maximum atomic E-state index is 12.8. The Balaban J connectivity index is 2.42. The molecule has 0 saturated carbocycles. The fraction of sp³-hybridized carbons (Fsp3) is 0.538. The van der Waals surface area contributed by atoms with E-state index < -0.39 is 10.0 Å². The van der Waals surface area contributed by atoms with E-state index in [-0.39, 0.29) is 10.9 Å². The summed E-state index contributed by atoms with van der Waals surface area (Å²) in [7, 11) is -0.520. The standard InChI is InChI=1S/C13H18BrNO4S/c1-18-9-11-4-3-7-15(11)20(16,17)13-8-10(14)5-6-12(13)19-2/h5-6,8,11H,3-4,7,9H2,1-2H3/t11-/m0/s1. The summed E-state index contributed by atoms with van der Waals surface area (Å²) < 4.78 is 38.2. The quantitative estimate of drug-likeness (QED) is 0.804. The molecule has 1 saturated heterocycles. The highest BCUT2D eigenvalue weighted by Crippen LogP contribution is 2.33. The first-order valence-electron chi connectivity index (χ1n) is 6.35. The maximum Gasteiger partial charge on any atom is 0.247 e. The lowest BCUT2D eigenvalue weighted by molar-refractivity contribution is 0.149. The second-order valence-corrected chi connectivity index (χ2v) is 7.44. The average Bonchev–Trinajstić information content (AvgIpc) is 2.88. The summed E-state index contributed by atoms with van der Waals surface area (Å²) in [6.45, 7) is 0.932. The van der Waals surface area contributed by atoms with Crippen LogP contribution >= 0.6 is 15.9 Å². The van der Waals surface area contributed by atoms with Gasteiger partial charge in [0, 0.05) is 24.2 Å². The lowest BCUT2D eigenvalue weighted by atomic mass is 10.2. The predicted molar refractivity (Wildman–Crippen MR) is 79.5 cm³/mol. The lowest BCUT2D eigenvalue weighted by Gasteiger charge is -2.24. The van der Waals surface area contributed by atoms with Crippen LogP contribution in [0.2, 0.25) is 0 Å². The van der Waals surface area contributed by atoms with Crippen molar-refractivity contribution in [2.45, 2.75) is 23.8 Å². The minimum atomic E-state index is -3.58. The summed E-state index contributed by atoms with van der Waals surface area (Å²) in [4.78, 5) is 0.192. The zero-order valence-electron chi connectivity index (χ0n) is 11.5. The Hall–Kier alpha value is -0.630. The van der Waals surface area contributed by atoms with Crippen molar-refractivity contribution in [1.29, 1.82) is 0 Å². The molecule has 1 aliphatic heterocycles. The lowest BCUT2D eigenvalue weighted by Crippen LogP contribution is -2.38. The van der Waals surface area contributed by atoms with E-state index in [2.05, 4.69) is 15.9 Å². The molecule has 1 aromatic rings. The summed E-state index contributed by atoms with van der Waals surface area (Å²) in [5.74, 6) is 0.358. The predicted octanol–water partition coefficient (Wildman–Crippen LogP) is 2.26. The fourth-order valence-electron chi connectivity index (χ4n) is 2.46. The van der Waals surface area contributed by atoms with Gasteiger partial charge in [0.15, 0.2) is 0 Å². The summed E-state index contributed by atoms with van der Waals surface area (Å²) in [6, 6.07) is 4.89. The molecule has 0 radical (unpaired) electrons. The second kappa shape index (κ2) is 6.43. The summed E-state index contributed by atoms with van der Waals surface area (Å²) in [6.07, 6.45) is 1.67. The SMILES string of the molecule is COC[C@@H]1CCCN1S(=O)(=O)c1cc(Br)ccc1OC. The van der Waals surface area contributed by atoms with Gasteiger partial charge in [-0.15, -0.1) is 0 Å². The van der Waals surface area contributed by atoms with E-state index in [1.165, 1.54) is 11.4 Å². The summed E-state index contributed by atoms with van der Waals surface area (Å²) >= 11 is 3.31. The fourth-order valence-corrected chi connectivity index (χ4v) is 4.84. The largest absolute Gasteiger partial charge is 0.495 e. The molecule has 0 bridgehead atoms. The molecule has 5 nitrogen and oxygen atoms in total. The Labute approximate surface area is 128 Å². The van der Waals surface area contributed by atoms with Crippen LogP contribution in [0.4, 0.5) is 0 Å². The van der Waals surface area contributed by atoms with Gasteiger partial charge in [0.05, 0.1) is 13.7 Å². The van der Waals surface area contributed by atoms with E-state index in [4.69, 9.17) is 9.47 Å². The van der Waals surface area contributed by atoms with Gasteiger partial charge in [-0.3, -0.25) is 0 Å². The van der Waals surface area contributed by atoms with Gasteiger partial charge >= 0.3 is 0 Å². The van der Waals surface area contributed by atoms with Crippen molar-refractivity contribution in [2.75, 3.05) is 27.4 Å². The molecule has 0 amide bonds. The molecule has 0 unspecified atom stereocenters. The van der Waals surface area contributed by atoms with Crippen LogP contribution in [0.3, 0.4) is 0 Å². The third kappa shape index (κ3) is 3.00. The third-order valence-corrected chi connectivity index (χ3v) is 5.86. The number of sulfonamides is 1. The van der Waals surface area contributed by atoms with Crippen LogP contribution in [-0.2, 0) is 14.8 Å². The molecule has 0 N–H and O–H groups in total. The van der Waals surface area contributed by atoms with E-state index in [9.17, 15) is 8.42 Å². The highest BCUT2D eigenvalue weighted by Gasteiger charge is 2.36. The van der Waals surface area contributed by atoms with E-state index in [0.29, 0.717) is 23.4 Å². The molecule has 1 aromatic carbocycles. The highest BCUT2D eigenvalue weighted by molar-refractivity contribution is 9.10. The topological polar surface area (TPSA) is 55.8 Å². The smallest absolute Gasteiger partial charge is 0.247 e. The van der Waals surface area contributed by atoms with E-state index >= 15 is 0 Å². The molecular weight excluding hydrogens is 346 g/mol. The van der Waals surface area contributed by atoms with E-state index in [1.807, 2.05) is 0 Å². The monoisotopic (exact) mass is 363 g/mol. The number of halogens is 1. The molecule has 1 heterocycles. The zero-order chi connectivity index (χ0) is 14.8. The van der Waals surface area contributed by atoms with Gasteiger partial charge in [0.1, 0.15) is 10.6 Å². The number of nitrogens with zero attached hydrogens (tertiary/aromatic N) is 1. The van der Waals surface area contributed by atoms with Gasteiger partial charge in [-0.05, 0) is 31.0 Å². The molecule has 0 aromatic heterocycles. The number of benzene rings is 1. The van der Waals surface area contributed by atoms with Crippen molar-refractivity contribution in [3.8, 4) is 5.75 Å². The van der Waals surface area contributed by atoms with Gasteiger partial charge in [-0.25, -0.2) is 8.42 Å². The van der Waals surface area contributed by atoms with Crippen LogP contribution in [0.15, 0.2) is 27.6 Å². The molecule has 1 aliphatic rings. The van der Waals surface area contributed by atoms with Crippen molar-refractivity contribution in [2.24, 2.45) is 0 Å². The number of hydrogen-bond donors (Lipinski definition) is 0. The van der Waals surface area contributed by atoms with Crippen molar-refractivity contribution < 1.29 is 17.9 Å². The molecule has 1 fully saturated rings. The number of ether oxygens (including phenoxy) is 2. The number of rotatable bonds is 5. The molecule has 20 heavy (non-hydrogen) atoms. The van der Waals surface area contributed by atoms with Crippen LogP contribution in [0.5, 0.6) is 5.75 Å². The first-order chi connectivity index (χ1) is 9.50. The Bertz CT molecular complexity index is 576. The minimum absolute atomic E-state index is 0.103. The molecule has 1 atom stereocenters. The average molecular weight is 364 g/mol.